The predicted octanol–water partition coefficient (Wildman–Crippen LogP) is 8.14. The van der Waals surface area contributed by atoms with Gasteiger partial charge in [0.25, 0.3) is 0 Å². The Hall–Kier alpha value is -3.37. The van der Waals surface area contributed by atoms with Gasteiger partial charge in [0.05, 0.1) is 0 Å². The molecule has 0 aliphatic rings. The molecule has 0 radical (unpaired) electrons. The molecule has 4 aromatic carbocycles. The minimum atomic E-state index is -4.13. The van der Waals surface area contributed by atoms with Crippen LogP contribution < -0.4 is 22.6 Å². The van der Waals surface area contributed by atoms with Crippen LogP contribution in [0.4, 0.5) is 0 Å². The number of hydrogen-bond donors (Lipinski definition) is 0. The summed E-state index contributed by atoms with van der Waals surface area (Å²) in [5.41, 5.74) is 0. The fraction of sp³-hybridized carbons (Fsp3) is 0. The summed E-state index contributed by atoms with van der Waals surface area (Å²) >= 11 is 5.93. The Bertz CT molecular complexity index is 1240. The smallest absolute Gasteiger partial charge is 0.405 e. The van der Waals surface area contributed by atoms with Gasteiger partial charge in [0.1, 0.15) is 28.7 Å². The van der Waals surface area contributed by atoms with E-state index in [1.54, 1.807) is 91.0 Å². The van der Waals surface area contributed by atoms with Gasteiger partial charge in [-0.05, 0) is 60.7 Å². The van der Waals surface area contributed by atoms with Crippen molar-refractivity contribution in [3.63, 3.8) is 0 Å². The van der Waals surface area contributed by atoms with E-state index in [4.69, 9.17) is 33.9 Å². The van der Waals surface area contributed by atoms with Gasteiger partial charge in [-0.25, -0.2) is 4.57 Å². The van der Waals surface area contributed by atoms with Gasteiger partial charge >= 0.3 is 14.8 Å². The number of rotatable bonds is 10. The Morgan fingerprint density at radius 1 is 0.412 bits per heavy atom. The summed E-state index contributed by atoms with van der Waals surface area (Å²) in [4.78, 5) is 0. The van der Waals surface area contributed by atoms with Crippen LogP contribution in [0.5, 0.6) is 28.7 Å². The molecule has 7 nitrogen and oxygen atoms in total. The molecule has 0 aliphatic heterocycles. The zero-order valence-corrected chi connectivity index (χ0v) is 20.1. The molecule has 0 fully saturated rings. The summed E-state index contributed by atoms with van der Waals surface area (Å²) in [6, 6.07) is 31.2. The first-order chi connectivity index (χ1) is 16.4. The highest BCUT2D eigenvalue weighted by Crippen LogP contribution is 2.54. The van der Waals surface area contributed by atoms with E-state index >= 15 is 0 Å². The number of hydrogen-bond acceptors (Lipinski definition) is 7. The highest BCUT2D eigenvalue weighted by Gasteiger charge is 2.33. The molecule has 1 unspecified atom stereocenters. The molecule has 174 valence electrons. The minimum Gasteiger partial charge on any atom is -0.405 e. The normalized spacial score (nSPS) is 12.7. The van der Waals surface area contributed by atoms with Crippen LogP contribution in [-0.4, -0.2) is 0 Å². The summed E-state index contributed by atoms with van der Waals surface area (Å²) in [6.45, 7) is -3.96. The van der Waals surface area contributed by atoms with Gasteiger partial charge < -0.3 is 22.6 Å². The third-order valence-corrected chi connectivity index (χ3v) is 6.71. The molecule has 0 spiro atoms. The van der Waals surface area contributed by atoms with Crippen molar-refractivity contribution >= 4 is 26.0 Å². The van der Waals surface area contributed by atoms with E-state index in [1.807, 2.05) is 0 Å². The Labute approximate surface area is 201 Å². The lowest BCUT2D eigenvalue weighted by molar-refractivity contribution is 0.298. The van der Waals surface area contributed by atoms with E-state index in [-0.39, 0.29) is 11.5 Å². The Morgan fingerprint density at radius 3 is 1.03 bits per heavy atom. The molecule has 1 atom stereocenters. The average molecular weight is 517 g/mol. The number of benzene rings is 4. The summed E-state index contributed by atoms with van der Waals surface area (Å²) < 4.78 is 53.2. The Morgan fingerprint density at radius 2 is 0.676 bits per heavy atom. The van der Waals surface area contributed by atoms with Crippen molar-refractivity contribution in [3.8, 4) is 28.7 Å². The maximum absolute atomic E-state index is 13.5. The van der Waals surface area contributed by atoms with Gasteiger partial charge in [0, 0.05) is 11.2 Å². The van der Waals surface area contributed by atoms with Crippen molar-refractivity contribution in [1.29, 1.82) is 0 Å². The molecule has 0 aromatic heterocycles. The van der Waals surface area contributed by atoms with Gasteiger partial charge in [-0.1, -0.05) is 54.6 Å². The van der Waals surface area contributed by atoms with Crippen LogP contribution in [0, 0.1) is 0 Å². The van der Waals surface area contributed by atoms with Crippen LogP contribution in [0.15, 0.2) is 115 Å². The van der Waals surface area contributed by atoms with Gasteiger partial charge in [-0.3, -0.25) is 0 Å². The fourth-order valence-electron chi connectivity index (χ4n) is 2.72. The van der Waals surface area contributed by atoms with Gasteiger partial charge in [-0.2, -0.15) is 4.57 Å². The van der Waals surface area contributed by atoms with Crippen LogP contribution >= 0.6 is 26.0 Å². The molecular formula is C24H19ClO7P2. The SMILES string of the molecule is O=P(Cl)(Oc1ccccc1)Oc1ccc(OP(=O)(Oc2ccccc2)Oc2ccccc2)cc1. The molecule has 10 heteroatoms. The highest BCUT2D eigenvalue weighted by molar-refractivity contribution is 7.82. The molecule has 0 heterocycles. The number of phosphoric acid groups is 1. The molecule has 0 saturated carbocycles. The summed E-state index contributed by atoms with van der Waals surface area (Å²) in [7, 11) is -4.13. The molecular weight excluding hydrogens is 498 g/mol. The molecule has 34 heavy (non-hydrogen) atoms. The molecule has 0 N–H and O–H groups in total. The predicted molar refractivity (Wildman–Crippen MR) is 130 cm³/mol. The van der Waals surface area contributed by atoms with E-state index < -0.39 is 14.8 Å². The zero-order chi connectivity index (χ0) is 23.9. The monoisotopic (exact) mass is 516 g/mol. The third kappa shape index (κ3) is 7.06. The maximum Gasteiger partial charge on any atom is 0.647 e. The van der Waals surface area contributed by atoms with Crippen molar-refractivity contribution in [1.82, 2.24) is 0 Å². The fourth-order valence-corrected chi connectivity index (χ4v) is 5.23. The molecule has 4 aromatic rings. The van der Waals surface area contributed by atoms with Crippen molar-refractivity contribution in [2.24, 2.45) is 0 Å². The summed E-state index contributed by atoms with van der Waals surface area (Å²) in [6.07, 6.45) is 0. The van der Waals surface area contributed by atoms with E-state index in [0.29, 0.717) is 17.2 Å². The van der Waals surface area contributed by atoms with Crippen molar-refractivity contribution < 1.29 is 31.7 Å². The first kappa shape index (κ1) is 23.8. The minimum absolute atomic E-state index is 0.157. The summed E-state index contributed by atoms with van der Waals surface area (Å²) in [5, 5.41) is 0. The van der Waals surface area contributed by atoms with Crippen molar-refractivity contribution in [3.05, 3.63) is 115 Å². The zero-order valence-electron chi connectivity index (χ0n) is 17.6. The lowest BCUT2D eigenvalue weighted by Crippen LogP contribution is -2.07. The molecule has 0 amide bonds. The second kappa shape index (κ2) is 10.7. The molecule has 0 saturated heterocycles. The third-order valence-electron chi connectivity index (χ3n) is 4.13. The lowest BCUT2D eigenvalue weighted by atomic mass is 10.3. The van der Waals surface area contributed by atoms with Gasteiger partial charge in [0.2, 0.25) is 0 Å². The molecule has 0 aliphatic carbocycles. The van der Waals surface area contributed by atoms with E-state index in [9.17, 15) is 9.13 Å². The second-order valence-electron chi connectivity index (χ2n) is 6.74. The van der Waals surface area contributed by atoms with Gasteiger partial charge in [0.15, 0.2) is 0 Å². The van der Waals surface area contributed by atoms with Crippen LogP contribution in [0.2, 0.25) is 0 Å². The van der Waals surface area contributed by atoms with Crippen LogP contribution in [-0.2, 0) is 9.13 Å². The van der Waals surface area contributed by atoms with E-state index in [1.165, 1.54) is 24.3 Å². The highest BCUT2D eigenvalue weighted by atomic mass is 35.7. The lowest BCUT2D eigenvalue weighted by Gasteiger charge is -2.19. The van der Waals surface area contributed by atoms with Crippen molar-refractivity contribution in [2.45, 2.75) is 0 Å². The van der Waals surface area contributed by atoms with Crippen LogP contribution in [0.3, 0.4) is 0 Å². The quantitative estimate of drug-likeness (QED) is 0.197. The Kier molecular flexibility index (Phi) is 7.49. The maximum atomic E-state index is 13.5. The molecule has 0 bridgehead atoms. The number of para-hydroxylation sites is 3. The number of phosphoric ester groups is 1. The first-order valence-corrected chi connectivity index (χ1v) is 13.9. The van der Waals surface area contributed by atoms with Crippen LogP contribution in [0.1, 0.15) is 0 Å². The van der Waals surface area contributed by atoms with Crippen molar-refractivity contribution in [2.75, 3.05) is 0 Å². The average Bonchev–Trinajstić information content (AvgIpc) is 2.81. The standard InChI is InChI=1S/C24H19ClO7P2/c25-33(26,28-20-10-4-1-5-11-20)29-23-16-18-24(19-17-23)32-34(27,30-21-12-6-2-7-13-21)31-22-14-8-3-9-15-22/h1-19H. The van der Waals surface area contributed by atoms with E-state index in [2.05, 4.69) is 0 Å². The Balaban J connectivity index is 1.48. The topological polar surface area (TPSA) is 80.3 Å². The van der Waals surface area contributed by atoms with Crippen LogP contribution in [0.25, 0.3) is 0 Å². The summed E-state index contributed by atoms with van der Waals surface area (Å²) in [5.74, 6) is 1.24. The second-order valence-corrected chi connectivity index (χ2v) is 10.7. The van der Waals surface area contributed by atoms with E-state index in [0.717, 1.165) is 0 Å². The largest absolute Gasteiger partial charge is 0.647 e. The first-order valence-electron chi connectivity index (χ1n) is 10.0. The molecule has 4 rings (SSSR count). The van der Waals surface area contributed by atoms with Gasteiger partial charge in [-0.15, -0.1) is 0 Å². The number of halogens is 1.